The monoisotopic (exact) mass is 449 g/mol. The Morgan fingerprint density at radius 3 is 2.36 bits per heavy atom. The van der Waals surface area contributed by atoms with Crippen LogP contribution in [0, 0.1) is 5.41 Å². The van der Waals surface area contributed by atoms with E-state index in [2.05, 4.69) is 30.6 Å². The summed E-state index contributed by atoms with van der Waals surface area (Å²) in [6, 6.07) is 13.0. The SMILES string of the molecule is CC(C)(C)CN1CCN(c2cccc3c2C(=O)N(C[C@@H]2COc4ccccc4O2)C3=O)CC1. The van der Waals surface area contributed by atoms with Crippen molar-refractivity contribution >= 4 is 17.5 Å². The van der Waals surface area contributed by atoms with E-state index in [0.29, 0.717) is 29.2 Å². The highest BCUT2D eigenvalue weighted by atomic mass is 16.6. The molecule has 2 aromatic rings. The van der Waals surface area contributed by atoms with Gasteiger partial charge in [-0.3, -0.25) is 19.4 Å². The van der Waals surface area contributed by atoms with E-state index in [9.17, 15) is 9.59 Å². The summed E-state index contributed by atoms with van der Waals surface area (Å²) in [7, 11) is 0. The summed E-state index contributed by atoms with van der Waals surface area (Å²) < 4.78 is 11.8. The fourth-order valence-corrected chi connectivity index (χ4v) is 4.92. The first kappa shape index (κ1) is 21.8. The Balaban J connectivity index is 1.30. The third kappa shape index (κ3) is 4.29. The van der Waals surface area contributed by atoms with Gasteiger partial charge in [0.1, 0.15) is 6.61 Å². The van der Waals surface area contributed by atoms with Crippen LogP contribution in [0.25, 0.3) is 0 Å². The molecule has 1 fully saturated rings. The molecular weight excluding hydrogens is 418 g/mol. The number of amides is 2. The van der Waals surface area contributed by atoms with Crippen LogP contribution in [-0.2, 0) is 0 Å². The number of ether oxygens (including phenoxy) is 2. The molecule has 0 saturated carbocycles. The molecular formula is C26H31N3O4. The molecule has 1 atom stereocenters. The Labute approximate surface area is 194 Å². The quantitative estimate of drug-likeness (QED) is 0.668. The molecule has 174 valence electrons. The van der Waals surface area contributed by atoms with E-state index < -0.39 is 6.10 Å². The van der Waals surface area contributed by atoms with Crippen LogP contribution in [0.1, 0.15) is 41.5 Å². The summed E-state index contributed by atoms with van der Waals surface area (Å²) in [4.78, 5) is 32.6. The Kier molecular flexibility index (Phi) is 5.52. The van der Waals surface area contributed by atoms with E-state index in [1.165, 1.54) is 4.90 Å². The van der Waals surface area contributed by atoms with Gasteiger partial charge < -0.3 is 14.4 Å². The molecule has 0 aromatic heterocycles. The first-order valence-corrected chi connectivity index (χ1v) is 11.7. The minimum atomic E-state index is -0.397. The van der Waals surface area contributed by atoms with Crippen molar-refractivity contribution in [3.05, 3.63) is 53.6 Å². The van der Waals surface area contributed by atoms with Gasteiger partial charge in [-0.05, 0) is 29.7 Å². The molecule has 0 N–H and O–H groups in total. The van der Waals surface area contributed by atoms with Crippen molar-refractivity contribution < 1.29 is 19.1 Å². The number of fused-ring (bicyclic) bond motifs is 2. The van der Waals surface area contributed by atoms with E-state index in [4.69, 9.17) is 9.47 Å². The van der Waals surface area contributed by atoms with Crippen LogP contribution in [-0.4, -0.2) is 73.6 Å². The summed E-state index contributed by atoms with van der Waals surface area (Å²) in [5, 5.41) is 0. The molecule has 7 nitrogen and oxygen atoms in total. The van der Waals surface area contributed by atoms with Crippen molar-refractivity contribution in [1.29, 1.82) is 0 Å². The van der Waals surface area contributed by atoms with Gasteiger partial charge in [-0.15, -0.1) is 0 Å². The number of hydrogen-bond donors (Lipinski definition) is 0. The molecule has 3 aliphatic rings. The summed E-state index contributed by atoms with van der Waals surface area (Å²) in [6.07, 6.45) is -0.397. The predicted octanol–water partition coefficient (Wildman–Crippen LogP) is 3.29. The third-order valence-corrected chi connectivity index (χ3v) is 6.34. The van der Waals surface area contributed by atoms with E-state index in [0.717, 1.165) is 38.4 Å². The van der Waals surface area contributed by atoms with E-state index in [1.807, 2.05) is 36.4 Å². The Morgan fingerprint density at radius 1 is 0.909 bits per heavy atom. The molecule has 0 aliphatic carbocycles. The maximum Gasteiger partial charge on any atom is 0.263 e. The average Bonchev–Trinajstić information content (AvgIpc) is 3.03. The van der Waals surface area contributed by atoms with Gasteiger partial charge in [0, 0.05) is 32.7 Å². The number of benzene rings is 2. The van der Waals surface area contributed by atoms with Crippen molar-refractivity contribution in [1.82, 2.24) is 9.80 Å². The van der Waals surface area contributed by atoms with Gasteiger partial charge in [0.2, 0.25) is 0 Å². The van der Waals surface area contributed by atoms with Crippen LogP contribution >= 0.6 is 0 Å². The lowest BCUT2D eigenvalue weighted by atomic mass is 9.95. The second-order valence-electron chi connectivity index (χ2n) is 10.2. The topological polar surface area (TPSA) is 62.3 Å². The fraction of sp³-hybridized carbons (Fsp3) is 0.462. The minimum Gasteiger partial charge on any atom is -0.486 e. The van der Waals surface area contributed by atoms with E-state index >= 15 is 0 Å². The minimum absolute atomic E-state index is 0.166. The van der Waals surface area contributed by atoms with Gasteiger partial charge in [0.05, 0.1) is 23.4 Å². The lowest BCUT2D eigenvalue weighted by Crippen LogP contribution is -2.49. The molecule has 7 heteroatoms. The fourth-order valence-electron chi connectivity index (χ4n) is 4.92. The van der Waals surface area contributed by atoms with Crippen LogP contribution in [0.2, 0.25) is 0 Å². The maximum atomic E-state index is 13.4. The van der Waals surface area contributed by atoms with Gasteiger partial charge in [-0.1, -0.05) is 39.0 Å². The third-order valence-electron chi connectivity index (χ3n) is 6.34. The zero-order valence-electron chi connectivity index (χ0n) is 19.5. The van der Waals surface area contributed by atoms with Gasteiger partial charge in [-0.25, -0.2) is 0 Å². The van der Waals surface area contributed by atoms with Crippen molar-refractivity contribution in [2.45, 2.75) is 26.9 Å². The molecule has 0 unspecified atom stereocenters. The molecule has 2 amide bonds. The smallest absolute Gasteiger partial charge is 0.263 e. The lowest BCUT2D eigenvalue weighted by Gasteiger charge is -2.39. The Morgan fingerprint density at radius 2 is 1.64 bits per heavy atom. The second kappa shape index (κ2) is 8.37. The standard InChI is InChI=1S/C26H31N3O4/c1-26(2,3)17-27-11-13-28(14-12-27)20-8-6-7-19-23(20)25(31)29(24(19)30)15-18-16-32-21-9-4-5-10-22(21)33-18/h4-10,18H,11-17H2,1-3H3/t18-/m1/s1. The van der Waals surface area contributed by atoms with Gasteiger partial charge in [0.15, 0.2) is 17.6 Å². The highest BCUT2D eigenvalue weighted by Gasteiger charge is 2.40. The van der Waals surface area contributed by atoms with Crippen molar-refractivity contribution in [2.24, 2.45) is 5.41 Å². The predicted molar refractivity (Wildman–Crippen MR) is 126 cm³/mol. The molecule has 3 heterocycles. The molecule has 0 spiro atoms. The number of imide groups is 1. The number of para-hydroxylation sites is 2. The molecule has 1 saturated heterocycles. The zero-order valence-corrected chi connectivity index (χ0v) is 19.5. The number of rotatable bonds is 4. The largest absolute Gasteiger partial charge is 0.486 e. The Bertz CT molecular complexity index is 1070. The molecule has 5 rings (SSSR count). The number of piperazine rings is 1. The number of carbonyl (C=O) groups is 2. The number of nitrogens with zero attached hydrogens (tertiary/aromatic N) is 3. The van der Waals surface area contributed by atoms with Crippen molar-refractivity contribution in [3.63, 3.8) is 0 Å². The first-order valence-electron chi connectivity index (χ1n) is 11.7. The molecule has 2 aromatic carbocycles. The zero-order chi connectivity index (χ0) is 23.2. The Hall–Kier alpha value is -3.06. The van der Waals surface area contributed by atoms with Gasteiger partial charge in [-0.2, -0.15) is 0 Å². The maximum absolute atomic E-state index is 13.4. The average molecular weight is 450 g/mol. The van der Waals surface area contributed by atoms with E-state index in [-0.39, 0.29) is 23.8 Å². The van der Waals surface area contributed by atoms with E-state index in [1.54, 1.807) is 6.07 Å². The molecule has 0 radical (unpaired) electrons. The number of hydrogen-bond acceptors (Lipinski definition) is 6. The van der Waals surface area contributed by atoms with Crippen molar-refractivity contribution in [3.8, 4) is 11.5 Å². The number of carbonyl (C=O) groups excluding carboxylic acids is 2. The normalized spacial score (nSPS) is 20.9. The van der Waals surface area contributed by atoms with Crippen molar-refractivity contribution in [2.75, 3.05) is 50.8 Å². The highest BCUT2D eigenvalue weighted by Crippen LogP contribution is 2.35. The second-order valence-corrected chi connectivity index (χ2v) is 10.2. The summed E-state index contributed by atoms with van der Waals surface area (Å²) in [6.45, 7) is 11.8. The molecule has 3 aliphatic heterocycles. The van der Waals surface area contributed by atoms with Crippen LogP contribution in [0.5, 0.6) is 11.5 Å². The van der Waals surface area contributed by atoms with Crippen LogP contribution < -0.4 is 14.4 Å². The lowest BCUT2D eigenvalue weighted by molar-refractivity contribution is 0.0430. The van der Waals surface area contributed by atoms with Gasteiger partial charge >= 0.3 is 0 Å². The summed E-state index contributed by atoms with van der Waals surface area (Å²) >= 11 is 0. The van der Waals surface area contributed by atoms with Crippen LogP contribution in [0.3, 0.4) is 0 Å². The highest BCUT2D eigenvalue weighted by molar-refractivity contribution is 6.23. The molecule has 0 bridgehead atoms. The summed E-state index contributed by atoms with van der Waals surface area (Å²) in [5.41, 5.74) is 2.11. The first-order chi connectivity index (χ1) is 15.8. The molecule has 33 heavy (non-hydrogen) atoms. The summed E-state index contributed by atoms with van der Waals surface area (Å²) in [5.74, 6) is 0.819. The van der Waals surface area contributed by atoms with Crippen LogP contribution in [0.4, 0.5) is 5.69 Å². The van der Waals surface area contributed by atoms with Crippen LogP contribution in [0.15, 0.2) is 42.5 Å². The van der Waals surface area contributed by atoms with Gasteiger partial charge in [0.25, 0.3) is 11.8 Å². The number of anilines is 1.